The molecule has 0 amide bonds. The van der Waals surface area contributed by atoms with Gasteiger partial charge in [-0.05, 0) is 40.5 Å². The predicted octanol–water partition coefficient (Wildman–Crippen LogP) is 4.07. The quantitative estimate of drug-likeness (QED) is 0.658. The standard InChI is InChI=1S/C15H19BrO/c1-12(2)10(16)4-5-14-8-13(3)9(14)6-15(12,14)7-11(13)17/h4,9H,5-8H2,1-3H3/t9?,13-,14+,15+/m0/s1. The summed E-state index contributed by atoms with van der Waals surface area (Å²) in [7, 11) is 0. The molecule has 17 heavy (non-hydrogen) atoms. The molecule has 0 radical (unpaired) electrons. The van der Waals surface area contributed by atoms with E-state index >= 15 is 0 Å². The molecule has 0 heterocycles. The maximum atomic E-state index is 12.4. The fourth-order valence-electron chi connectivity index (χ4n) is 6.01. The topological polar surface area (TPSA) is 17.1 Å². The average molecular weight is 295 g/mol. The number of ketones is 1. The van der Waals surface area contributed by atoms with Crippen LogP contribution in [0.5, 0.6) is 0 Å². The number of fused-ring (bicyclic) bond motifs is 1. The van der Waals surface area contributed by atoms with Gasteiger partial charge in [-0.15, -0.1) is 0 Å². The summed E-state index contributed by atoms with van der Waals surface area (Å²) in [5.41, 5.74) is 0.957. The van der Waals surface area contributed by atoms with Crippen molar-refractivity contribution in [2.45, 2.75) is 46.5 Å². The first-order chi connectivity index (χ1) is 7.80. The molecule has 5 aliphatic rings. The van der Waals surface area contributed by atoms with E-state index in [1.807, 2.05) is 0 Å². The summed E-state index contributed by atoms with van der Waals surface area (Å²) in [5, 5.41) is 0. The monoisotopic (exact) mass is 294 g/mol. The van der Waals surface area contributed by atoms with E-state index < -0.39 is 0 Å². The molecule has 0 aromatic carbocycles. The van der Waals surface area contributed by atoms with Crippen LogP contribution >= 0.6 is 15.9 Å². The van der Waals surface area contributed by atoms with E-state index in [4.69, 9.17) is 0 Å². The summed E-state index contributed by atoms with van der Waals surface area (Å²) in [5.74, 6) is 1.23. The molecule has 4 atom stereocenters. The molecule has 0 aromatic heterocycles. The summed E-state index contributed by atoms with van der Waals surface area (Å²) in [6, 6.07) is 0. The first kappa shape index (κ1) is 10.8. The highest BCUT2D eigenvalue weighted by Crippen LogP contribution is 2.89. The van der Waals surface area contributed by atoms with Gasteiger partial charge in [0.2, 0.25) is 0 Å². The van der Waals surface area contributed by atoms with Crippen LogP contribution in [0.25, 0.3) is 0 Å². The third-order valence-corrected chi connectivity index (χ3v) is 8.48. The van der Waals surface area contributed by atoms with E-state index in [1.165, 1.54) is 17.3 Å². The minimum absolute atomic E-state index is 0.0511. The molecule has 1 nitrogen and oxygen atoms in total. The lowest BCUT2D eigenvalue weighted by Crippen LogP contribution is -2.82. The van der Waals surface area contributed by atoms with Crippen molar-refractivity contribution in [2.24, 2.45) is 27.6 Å². The number of carbonyl (C=O) groups excluding carboxylic acids is 1. The van der Waals surface area contributed by atoms with Gasteiger partial charge >= 0.3 is 0 Å². The van der Waals surface area contributed by atoms with E-state index in [1.54, 1.807) is 0 Å². The molecule has 4 bridgehead atoms. The summed E-state index contributed by atoms with van der Waals surface area (Å²) in [4.78, 5) is 12.4. The van der Waals surface area contributed by atoms with Crippen LogP contribution in [0.1, 0.15) is 46.5 Å². The molecule has 4 fully saturated rings. The number of hydrogen-bond donors (Lipinski definition) is 0. The Labute approximate surface area is 111 Å². The molecule has 1 unspecified atom stereocenters. The van der Waals surface area contributed by atoms with E-state index in [-0.39, 0.29) is 16.2 Å². The van der Waals surface area contributed by atoms with Crippen molar-refractivity contribution in [3.63, 3.8) is 0 Å². The third-order valence-electron chi connectivity index (χ3n) is 7.16. The number of rotatable bonds is 0. The second-order valence-electron chi connectivity index (χ2n) is 7.57. The second kappa shape index (κ2) is 2.45. The Bertz CT molecular complexity index is 491. The van der Waals surface area contributed by atoms with Gasteiger partial charge in [-0.25, -0.2) is 0 Å². The van der Waals surface area contributed by atoms with Crippen LogP contribution in [0.4, 0.5) is 0 Å². The van der Waals surface area contributed by atoms with Crippen LogP contribution in [-0.4, -0.2) is 5.78 Å². The molecule has 4 saturated carbocycles. The Morgan fingerprint density at radius 3 is 2.71 bits per heavy atom. The smallest absolute Gasteiger partial charge is 0.139 e. The highest BCUT2D eigenvalue weighted by Gasteiger charge is 2.85. The Morgan fingerprint density at radius 1 is 1.35 bits per heavy atom. The maximum Gasteiger partial charge on any atom is 0.139 e. The second-order valence-corrected chi connectivity index (χ2v) is 8.42. The molecule has 92 valence electrons. The first-order valence-corrected chi connectivity index (χ1v) is 7.49. The summed E-state index contributed by atoms with van der Waals surface area (Å²) < 4.78 is 1.33. The van der Waals surface area contributed by atoms with Gasteiger partial charge in [0, 0.05) is 17.3 Å². The fourth-order valence-corrected chi connectivity index (χ4v) is 6.55. The van der Waals surface area contributed by atoms with E-state index in [2.05, 4.69) is 42.8 Å². The fraction of sp³-hybridized carbons (Fsp3) is 0.800. The van der Waals surface area contributed by atoms with Crippen LogP contribution in [0, 0.1) is 27.6 Å². The van der Waals surface area contributed by atoms with Crippen LogP contribution in [0.2, 0.25) is 0 Å². The predicted molar refractivity (Wildman–Crippen MR) is 70.7 cm³/mol. The van der Waals surface area contributed by atoms with Gasteiger partial charge in [0.05, 0.1) is 0 Å². The van der Waals surface area contributed by atoms with E-state index in [0.717, 1.165) is 12.8 Å². The summed E-state index contributed by atoms with van der Waals surface area (Å²) >= 11 is 3.76. The molecule has 0 N–H and O–H groups in total. The van der Waals surface area contributed by atoms with Gasteiger partial charge in [-0.1, -0.05) is 42.8 Å². The molecule has 0 aromatic rings. The summed E-state index contributed by atoms with van der Waals surface area (Å²) in [6.07, 6.45) is 6.86. The Morgan fingerprint density at radius 2 is 2.06 bits per heavy atom. The van der Waals surface area contributed by atoms with Crippen LogP contribution in [-0.2, 0) is 4.79 Å². The van der Waals surface area contributed by atoms with Crippen molar-refractivity contribution in [3.05, 3.63) is 10.6 Å². The molecule has 2 spiro atoms. The molecular formula is C15H19BrO. The van der Waals surface area contributed by atoms with Crippen molar-refractivity contribution in [1.82, 2.24) is 0 Å². The largest absolute Gasteiger partial charge is 0.299 e. The summed E-state index contributed by atoms with van der Waals surface area (Å²) in [6.45, 7) is 6.88. The average Bonchev–Trinajstić information content (AvgIpc) is 2.24. The molecule has 5 aliphatic carbocycles. The highest BCUT2D eigenvalue weighted by atomic mass is 79.9. The number of Topliss-reactive ketones (excluding diaryl/α,β-unsaturated/α-hetero) is 1. The van der Waals surface area contributed by atoms with Crippen LogP contribution in [0.15, 0.2) is 10.6 Å². The zero-order valence-electron chi connectivity index (χ0n) is 10.8. The highest BCUT2D eigenvalue weighted by molar-refractivity contribution is 9.11. The Kier molecular flexibility index (Phi) is 1.56. The number of hydrogen-bond acceptors (Lipinski definition) is 1. The number of halogens is 1. The Hall–Kier alpha value is -0.110. The van der Waals surface area contributed by atoms with Crippen LogP contribution in [0.3, 0.4) is 0 Å². The van der Waals surface area contributed by atoms with Gasteiger partial charge in [0.15, 0.2) is 0 Å². The zero-order chi connectivity index (χ0) is 12.3. The maximum absolute atomic E-state index is 12.4. The van der Waals surface area contributed by atoms with Crippen molar-refractivity contribution in [3.8, 4) is 0 Å². The molecule has 0 saturated heterocycles. The minimum atomic E-state index is 0.0511. The van der Waals surface area contributed by atoms with Gasteiger partial charge in [0.25, 0.3) is 0 Å². The van der Waals surface area contributed by atoms with E-state index in [9.17, 15) is 4.79 Å². The number of allylic oxidation sites excluding steroid dienone is 2. The van der Waals surface area contributed by atoms with Crippen molar-refractivity contribution in [2.75, 3.05) is 0 Å². The van der Waals surface area contributed by atoms with Gasteiger partial charge in [-0.2, -0.15) is 0 Å². The molecule has 2 heteroatoms. The van der Waals surface area contributed by atoms with E-state index in [0.29, 0.717) is 17.1 Å². The lowest BCUT2D eigenvalue weighted by atomic mass is 9.17. The van der Waals surface area contributed by atoms with Crippen LogP contribution < -0.4 is 0 Å². The normalized spacial score (nSPS) is 57.5. The van der Waals surface area contributed by atoms with Crippen molar-refractivity contribution in [1.29, 1.82) is 0 Å². The van der Waals surface area contributed by atoms with Crippen molar-refractivity contribution < 1.29 is 4.79 Å². The first-order valence-electron chi connectivity index (χ1n) is 6.70. The lowest BCUT2D eigenvalue weighted by molar-refractivity contribution is -0.341. The van der Waals surface area contributed by atoms with Gasteiger partial charge in [0.1, 0.15) is 5.78 Å². The van der Waals surface area contributed by atoms with Gasteiger partial charge in [-0.3, -0.25) is 4.79 Å². The SMILES string of the molecule is CC1(C)C(Br)=CC[C@]23C[C@]4(C)C(=O)C[C@]12CC34. The lowest BCUT2D eigenvalue weighted by Gasteiger charge is -2.86. The molecule has 5 rings (SSSR count). The number of carbonyl (C=O) groups is 1. The third kappa shape index (κ3) is 0.751. The van der Waals surface area contributed by atoms with Gasteiger partial charge < -0.3 is 0 Å². The molecule has 0 aliphatic heterocycles. The van der Waals surface area contributed by atoms with Crippen molar-refractivity contribution >= 4 is 21.7 Å². The minimum Gasteiger partial charge on any atom is -0.299 e. The Balaban J connectivity index is 1.92. The molecular weight excluding hydrogens is 276 g/mol. The zero-order valence-corrected chi connectivity index (χ0v) is 12.4.